The van der Waals surface area contributed by atoms with Crippen molar-refractivity contribution < 1.29 is 13.6 Å². The van der Waals surface area contributed by atoms with Crippen molar-refractivity contribution in [2.75, 3.05) is 13.1 Å². The predicted molar refractivity (Wildman–Crippen MR) is 57.2 cm³/mol. The van der Waals surface area contributed by atoms with E-state index in [4.69, 9.17) is 0 Å². The Morgan fingerprint density at radius 3 is 2.25 bits per heavy atom. The average molecular weight is 231 g/mol. The van der Waals surface area contributed by atoms with Gasteiger partial charge in [-0.15, -0.1) is 0 Å². The molecule has 0 aromatic rings. The van der Waals surface area contributed by atoms with Crippen LogP contribution in [-0.2, 0) is 4.79 Å². The van der Waals surface area contributed by atoms with Gasteiger partial charge in [0.15, 0.2) is 0 Å². The van der Waals surface area contributed by atoms with Gasteiger partial charge in [0.2, 0.25) is 12.3 Å². The number of hydrogen-bond acceptors (Lipinski definition) is 1. The molecule has 0 bridgehead atoms. The van der Waals surface area contributed by atoms with E-state index in [9.17, 15) is 13.6 Å². The van der Waals surface area contributed by atoms with Crippen LogP contribution < -0.4 is 0 Å². The minimum atomic E-state index is -2.28. The highest BCUT2D eigenvalue weighted by atomic mass is 19.3. The SMILES string of the molecule is CC(C)(C(=O)N1CC(C(F)F)C1)C1CCC1. The first-order chi connectivity index (χ1) is 7.43. The maximum atomic E-state index is 12.3. The molecule has 0 radical (unpaired) electrons. The highest BCUT2D eigenvalue weighted by Gasteiger charge is 2.46. The van der Waals surface area contributed by atoms with Gasteiger partial charge in [-0.1, -0.05) is 20.3 Å². The Hall–Kier alpha value is -0.670. The zero-order valence-electron chi connectivity index (χ0n) is 9.88. The van der Waals surface area contributed by atoms with Gasteiger partial charge in [0, 0.05) is 18.5 Å². The Bertz CT molecular complexity index is 281. The van der Waals surface area contributed by atoms with Crippen LogP contribution in [0.3, 0.4) is 0 Å². The first kappa shape index (κ1) is 11.8. The summed E-state index contributed by atoms with van der Waals surface area (Å²) in [6.45, 7) is 4.39. The van der Waals surface area contributed by atoms with Crippen molar-refractivity contribution in [2.45, 2.75) is 39.5 Å². The van der Waals surface area contributed by atoms with Crippen LogP contribution in [0, 0.1) is 17.3 Å². The molecule has 4 heteroatoms. The lowest BCUT2D eigenvalue weighted by Crippen LogP contribution is -2.57. The first-order valence-electron chi connectivity index (χ1n) is 6.00. The Morgan fingerprint density at radius 2 is 1.88 bits per heavy atom. The van der Waals surface area contributed by atoms with Gasteiger partial charge in [-0.05, 0) is 18.8 Å². The van der Waals surface area contributed by atoms with Crippen molar-refractivity contribution in [3.8, 4) is 0 Å². The second-order valence-corrected chi connectivity index (χ2v) is 5.65. The standard InChI is InChI=1S/C12H19F2NO/c1-12(2,9-4-3-5-9)11(16)15-6-8(7-15)10(13)14/h8-10H,3-7H2,1-2H3. The van der Waals surface area contributed by atoms with Crippen LogP contribution >= 0.6 is 0 Å². The largest absolute Gasteiger partial charge is 0.341 e. The molecule has 1 heterocycles. The number of halogens is 2. The van der Waals surface area contributed by atoms with Crippen molar-refractivity contribution in [3.63, 3.8) is 0 Å². The summed E-state index contributed by atoms with van der Waals surface area (Å²) in [4.78, 5) is 13.7. The normalized spacial score (nSPS) is 23.2. The number of nitrogens with zero attached hydrogens (tertiary/aromatic N) is 1. The number of carbonyl (C=O) groups excluding carboxylic acids is 1. The maximum absolute atomic E-state index is 12.3. The smallest absolute Gasteiger partial charge is 0.244 e. The molecule has 1 amide bonds. The zero-order chi connectivity index (χ0) is 11.9. The molecule has 1 saturated heterocycles. The van der Waals surface area contributed by atoms with Gasteiger partial charge in [0.05, 0.1) is 5.92 Å². The predicted octanol–water partition coefficient (Wildman–Crippen LogP) is 2.54. The lowest BCUT2D eigenvalue weighted by Gasteiger charge is -2.47. The van der Waals surface area contributed by atoms with Crippen molar-refractivity contribution in [1.29, 1.82) is 0 Å². The summed E-state index contributed by atoms with van der Waals surface area (Å²) in [7, 11) is 0. The Kier molecular flexibility index (Phi) is 2.93. The molecule has 16 heavy (non-hydrogen) atoms. The molecule has 0 unspecified atom stereocenters. The molecule has 1 aliphatic carbocycles. The molecular formula is C12H19F2NO. The Labute approximate surface area is 95.0 Å². The van der Waals surface area contributed by atoms with Crippen LogP contribution in [0.25, 0.3) is 0 Å². The molecule has 0 N–H and O–H groups in total. The number of alkyl halides is 2. The maximum Gasteiger partial charge on any atom is 0.244 e. The number of likely N-dealkylation sites (tertiary alicyclic amines) is 1. The summed E-state index contributed by atoms with van der Waals surface area (Å²) in [6, 6.07) is 0. The topological polar surface area (TPSA) is 20.3 Å². The fourth-order valence-corrected chi connectivity index (χ4v) is 2.55. The third-order valence-corrected chi connectivity index (χ3v) is 4.23. The third-order valence-electron chi connectivity index (χ3n) is 4.23. The van der Waals surface area contributed by atoms with Crippen molar-refractivity contribution >= 4 is 5.91 Å². The van der Waals surface area contributed by atoms with Crippen LogP contribution in [0.5, 0.6) is 0 Å². The lowest BCUT2D eigenvalue weighted by atomic mass is 9.66. The number of carbonyl (C=O) groups is 1. The van der Waals surface area contributed by atoms with Gasteiger partial charge >= 0.3 is 0 Å². The molecule has 2 rings (SSSR count). The Morgan fingerprint density at radius 1 is 1.31 bits per heavy atom. The fraction of sp³-hybridized carbons (Fsp3) is 0.917. The van der Waals surface area contributed by atoms with Gasteiger partial charge in [0.25, 0.3) is 0 Å². The zero-order valence-corrected chi connectivity index (χ0v) is 9.88. The van der Waals surface area contributed by atoms with E-state index < -0.39 is 12.3 Å². The summed E-state index contributed by atoms with van der Waals surface area (Å²) < 4.78 is 24.6. The summed E-state index contributed by atoms with van der Waals surface area (Å²) in [5.74, 6) is -0.0826. The van der Waals surface area contributed by atoms with E-state index in [0.29, 0.717) is 5.92 Å². The summed E-state index contributed by atoms with van der Waals surface area (Å²) in [5, 5.41) is 0. The molecule has 92 valence electrons. The van der Waals surface area contributed by atoms with E-state index >= 15 is 0 Å². The van der Waals surface area contributed by atoms with E-state index in [2.05, 4.69) is 0 Å². The monoisotopic (exact) mass is 231 g/mol. The summed E-state index contributed by atoms with van der Waals surface area (Å²) in [6.07, 6.45) is 1.12. The molecule has 1 saturated carbocycles. The van der Waals surface area contributed by atoms with Crippen LogP contribution in [0.4, 0.5) is 8.78 Å². The van der Waals surface area contributed by atoms with Gasteiger partial charge in [-0.3, -0.25) is 4.79 Å². The van der Waals surface area contributed by atoms with Crippen LogP contribution in [-0.4, -0.2) is 30.3 Å². The van der Waals surface area contributed by atoms with Crippen LogP contribution in [0.2, 0.25) is 0 Å². The fourth-order valence-electron chi connectivity index (χ4n) is 2.55. The van der Waals surface area contributed by atoms with E-state index in [1.165, 1.54) is 6.42 Å². The molecule has 1 aliphatic heterocycles. The minimum absolute atomic E-state index is 0.0640. The first-order valence-corrected chi connectivity index (χ1v) is 6.00. The van der Waals surface area contributed by atoms with E-state index in [1.54, 1.807) is 4.90 Å². The van der Waals surface area contributed by atoms with Crippen molar-refractivity contribution in [2.24, 2.45) is 17.3 Å². The second kappa shape index (κ2) is 3.97. The number of amides is 1. The average Bonchev–Trinajstić information content (AvgIpc) is 1.95. The number of rotatable bonds is 3. The van der Waals surface area contributed by atoms with Gasteiger partial charge in [0.1, 0.15) is 0 Å². The highest BCUT2D eigenvalue weighted by Crippen LogP contribution is 2.43. The molecule has 0 atom stereocenters. The van der Waals surface area contributed by atoms with Gasteiger partial charge in [-0.25, -0.2) is 8.78 Å². The molecular weight excluding hydrogens is 212 g/mol. The molecule has 0 spiro atoms. The van der Waals surface area contributed by atoms with Crippen LogP contribution in [0.15, 0.2) is 0 Å². The van der Waals surface area contributed by atoms with Crippen molar-refractivity contribution in [1.82, 2.24) is 4.90 Å². The lowest BCUT2D eigenvalue weighted by molar-refractivity contribution is -0.156. The summed E-state index contributed by atoms with van der Waals surface area (Å²) >= 11 is 0. The highest BCUT2D eigenvalue weighted by molar-refractivity contribution is 5.83. The number of hydrogen-bond donors (Lipinski definition) is 0. The minimum Gasteiger partial charge on any atom is -0.341 e. The Balaban J connectivity index is 1.89. The molecule has 0 aromatic heterocycles. The third kappa shape index (κ3) is 1.82. The van der Waals surface area contributed by atoms with Crippen LogP contribution in [0.1, 0.15) is 33.1 Å². The second-order valence-electron chi connectivity index (χ2n) is 5.65. The quantitative estimate of drug-likeness (QED) is 0.731. The molecule has 2 aliphatic rings. The van der Waals surface area contributed by atoms with E-state index in [1.807, 2.05) is 13.8 Å². The van der Waals surface area contributed by atoms with Crippen molar-refractivity contribution in [3.05, 3.63) is 0 Å². The summed E-state index contributed by atoms with van der Waals surface area (Å²) in [5.41, 5.74) is -0.356. The molecule has 0 aromatic carbocycles. The molecule has 2 fully saturated rings. The van der Waals surface area contributed by atoms with E-state index in [-0.39, 0.29) is 24.4 Å². The molecule has 2 nitrogen and oxygen atoms in total. The van der Waals surface area contributed by atoms with Gasteiger partial charge in [-0.2, -0.15) is 0 Å². The van der Waals surface area contributed by atoms with E-state index in [0.717, 1.165) is 12.8 Å². The van der Waals surface area contributed by atoms with Gasteiger partial charge < -0.3 is 4.90 Å².